The summed E-state index contributed by atoms with van der Waals surface area (Å²) < 4.78 is 0. The average molecular weight is 143 g/mol. The molecule has 0 bridgehead atoms. The van der Waals surface area contributed by atoms with Crippen LogP contribution in [-0.4, -0.2) is 29.7 Å². The summed E-state index contributed by atoms with van der Waals surface area (Å²) in [7, 11) is 0. The molecule has 0 aromatic heterocycles. The van der Waals surface area contributed by atoms with Gasteiger partial charge in [0.15, 0.2) is 0 Å². The Balaban J connectivity index is 4.24. The second kappa shape index (κ2) is 3.34. The van der Waals surface area contributed by atoms with Crippen LogP contribution in [0.1, 0.15) is 20.8 Å². The van der Waals surface area contributed by atoms with Crippen molar-refractivity contribution in [3.8, 4) is 0 Å². The zero-order valence-electron chi connectivity index (χ0n) is 6.63. The third-order valence-corrected chi connectivity index (χ3v) is 1.50. The zero-order chi connectivity index (χ0) is 8.20. The van der Waals surface area contributed by atoms with E-state index in [0.29, 0.717) is 13.0 Å². The minimum Gasteiger partial charge on any atom is -0.334 e. The number of hydrogen-bond donors (Lipinski definition) is 0. The normalized spacial score (nSPS) is 10.7. The molecule has 0 saturated carbocycles. The monoisotopic (exact) mass is 143 g/mol. The van der Waals surface area contributed by atoms with E-state index in [-0.39, 0.29) is 0 Å². The molecule has 0 fully saturated rings. The fourth-order valence-electron chi connectivity index (χ4n) is 0.686. The van der Waals surface area contributed by atoms with Crippen molar-refractivity contribution in [2.75, 3.05) is 6.54 Å². The second-order valence-corrected chi connectivity index (χ2v) is 2.66. The van der Waals surface area contributed by atoms with Crippen molar-refractivity contribution in [3.63, 3.8) is 0 Å². The van der Waals surface area contributed by atoms with E-state index in [4.69, 9.17) is 0 Å². The van der Waals surface area contributed by atoms with Crippen LogP contribution in [-0.2, 0) is 9.59 Å². The third-order valence-electron chi connectivity index (χ3n) is 1.50. The van der Waals surface area contributed by atoms with Gasteiger partial charge in [0.25, 0.3) is 0 Å². The van der Waals surface area contributed by atoms with Gasteiger partial charge in [-0.1, -0.05) is 0 Å². The summed E-state index contributed by atoms with van der Waals surface area (Å²) in [5.41, 5.74) is -0.656. The number of amides is 1. The quantitative estimate of drug-likeness (QED) is 0.535. The molecule has 0 aromatic carbocycles. The molecule has 3 heteroatoms. The Labute approximate surface area is 61.0 Å². The first-order chi connectivity index (χ1) is 4.58. The highest BCUT2D eigenvalue weighted by Crippen LogP contribution is 2.07. The molecule has 0 radical (unpaired) electrons. The van der Waals surface area contributed by atoms with Crippen molar-refractivity contribution in [3.05, 3.63) is 0 Å². The average Bonchev–Trinajstić information content (AvgIpc) is 1.90. The van der Waals surface area contributed by atoms with E-state index in [1.54, 1.807) is 13.8 Å². The molecule has 1 amide bonds. The number of hydrogen-bond acceptors (Lipinski definition) is 2. The van der Waals surface area contributed by atoms with Gasteiger partial charge < -0.3 is 9.69 Å². The predicted molar refractivity (Wildman–Crippen MR) is 38.6 cm³/mol. The Hall–Kier alpha value is -0.860. The molecular formula is C7H13NO2. The Morgan fingerprint density at radius 3 is 2.00 bits per heavy atom. The van der Waals surface area contributed by atoms with E-state index in [1.807, 2.05) is 6.92 Å². The van der Waals surface area contributed by atoms with E-state index in [0.717, 1.165) is 6.29 Å². The van der Waals surface area contributed by atoms with Crippen LogP contribution in [0.4, 0.5) is 0 Å². The van der Waals surface area contributed by atoms with E-state index in [1.165, 1.54) is 4.90 Å². The van der Waals surface area contributed by atoms with Crippen LogP contribution in [0.5, 0.6) is 0 Å². The van der Waals surface area contributed by atoms with Gasteiger partial charge >= 0.3 is 0 Å². The number of aldehydes is 1. The van der Waals surface area contributed by atoms with Crippen molar-refractivity contribution >= 4 is 12.7 Å². The summed E-state index contributed by atoms with van der Waals surface area (Å²) in [6.45, 7) is 5.81. The topological polar surface area (TPSA) is 37.4 Å². The molecule has 0 atom stereocenters. The lowest BCUT2D eigenvalue weighted by molar-refractivity contribution is -0.129. The first kappa shape index (κ1) is 9.14. The number of nitrogens with zero attached hydrogens (tertiary/aromatic N) is 1. The van der Waals surface area contributed by atoms with E-state index in [2.05, 4.69) is 0 Å². The van der Waals surface area contributed by atoms with Crippen molar-refractivity contribution in [2.45, 2.75) is 26.3 Å². The van der Waals surface area contributed by atoms with Crippen LogP contribution in [0.3, 0.4) is 0 Å². The number of likely N-dealkylation sites (N-methyl/N-ethyl adjacent to an activating group) is 1. The van der Waals surface area contributed by atoms with Crippen LogP contribution in [0.15, 0.2) is 0 Å². The first-order valence-electron chi connectivity index (χ1n) is 3.27. The molecule has 0 heterocycles. The molecule has 0 saturated heterocycles. The third kappa shape index (κ3) is 1.83. The molecular weight excluding hydrogens is 130 g/mol. The first-order valence-corrected chi connectivity index (χ1v) is 3.27. The van der Waals surface area contributed by atoms with Crippen molar-refractivity contribution < 1.29 is 9.59 Å². The van der Waals surface area contributed by atoms with Crippen LogP contribution in [0.2, 0.25) is 0 Å². The molecule has 0 aliphatic carbocycles. The largest absolute Gasteiger partial charge is 0.334 e. The minimum absolute atomic E-state index is 0.565. The SMILES string of the molecule is CCN(C=O)C(C)(C)C=O. The van der Waals surface area contributed by atoms with Crippen LogP contribution in [0.25, 0.3) is 0 Å². The highest BCUT2D eigenvalue weighted by atomic mass is 16.1. The maximum Gasteiger partial charge on any atom is 0.210 e. The predicted octanol–water partition coefficient (Wildman–Crippen LogP) is 0.442. The minimum atomic E-state index is -0.656. The molecule has 58 valence electrons. The molecule has 0 aromatic rings. The lowest BCUT2D eigenvalue weighted by Crippen LogP contribution is -2.44. The molecule has 0 unspecified atom stereocenters. The van der Waals surface area contributed by atoms with Crippen LogP contribution in [0, 0.1) is 0 Å². The Morgan fingerprint density at radius 1 is 1.40 bits per heavy atom. The molecule has 0 aliphatic heterocycles. The van der Waals surface area contributed by atoms with Gasteiger partial charge in [-0.3, -0.25) is 4.79 Å². The summed E-state index contributed by atoms with van der Waals surface area (Å²) >= 11 is 0. The summed E-state index contributed by atoms with van der Waals surface area (Å²) in [4.78, 5) is 22.1. The Morgan fingerprint density at radius 2 is 1.90 bits per heavy atom. The zero-order valence-corrected chi connectivity index (χ0v) is 6.63. The highest BCUT2D eigenvalue weighted by molar-refractivity contribution is 5.68. The molecule has 10 heavy (non-hydrogen) atoms. The van der Waals surface area contributed by atoms with Gasteiger partial charge in [0, 0.05) is 6.54 Å². The van der Waals surface area contributed by atoms with Gasteiger partial charge in [-0.2, -0.15) is 0 Å². The molecule has 0 spiro atoms. The molecule has 0 aliphatic rings. The highest BCUT2D eigenvalue weighted by Gasteiger charge is 2.22. The van der Waals surface area contributed by atoms with Gasteiger partial charge in [0.1, 0.15) is 6.29 Å². The van der Waals surface area contributed by atoms with E-state index < -0.39 is 5.54 Å². The van der Waals surface area contributed by atoms with Crippen LogP contribution < -0.4 is 0 Å². The summed E-state index contributed by atoms with van der Waals surface area (Å²) in [5, 5.41) is 0. The van der Waals surface area contributed by atoms with Gasteiger partial charge in [0.2, 0.25) is 6.41 Å². The second-order valence-electron chi connectivity index (χ2n) is 2.66. The van der Waals surface area contributed by atoms with Crippen molar-refractivity contribution in [1.82, 2.24) is 4.90 Å². The Bertz CT molecular complexity index is 132. The summed E-state index contributed by atoms with van der Waals surface area (Å²) in [6, 6.07) is 0. The number of carbonyl (C=O) groups is 2. The molecule has 0 rings (SSSR count). The van der Waals surface area contributed by atoms with Gasteiger partial charge in [-0.15, -0.1) is 0 Å². The number of rotatable bonds is 4. The Kier molecular flexibility index (Phi) is 3.06. The van der Waals surface area contributed by atoms with Crippen molar-refractivity contribution in [2.24, 2.45) is 0 Å². The molecule has 3 nitrogen and oxygen atoms in total. The van der Waals surface area contributed by atoms with E-state index in [9.17, 15) is 9.59 Å². The van der Waals surface area contributed by atoms with Gasteiger partial charge in [-0.25, -0.2) is 0 Å². The van der Waals surface area contributed by atoms with Gasteiger partial charge in [-0.05, 0) is 20.8 Å². The lowest BCUT2D eigenvalue weighted by atomic mass is 10.1. The van der Waals surface area contributed by atoms with E-state index >= 15 is 0 Å². The maximum atomic E-state index is 10.4. The number of carbonyl (C=O) groups excluding carboxylic acids is 2. The van der Waals surface area contributed by atoms with Crippen molar-refractivity contribution in [1.29, 1.82) is 0 Å². The standard InChI is InChI=1S/C7H13NO2/c1-4-8(6-10)7(2,3)5-9/h5-6H,4H2,1-3H3. The smallest absolute Gasteiger partial charge is 0.210 e. The fourth-order valence-corrected chi connectivity index (χ4v) is 0.686. The fraction of sp³-hybridized carbons (Fsp3) is 0.714. The molecule has 0 N–H and O–H groups in total. The van der Waals surface area contributed by atoms with Gasteiger partial charge in [0.05, 0.1) is 5.54 Å². The lowest BCUT2D eigenvalue weighted by Gasteiger charge is -2.28. The maximum absolute atomic E-state index is 10.4. The summed E-state index contributed by atoms with van der Waals surface area (Å²) in [6.07, 6.45) is 1.46. The summed E-state index contributed by atoms with van der Waals surface area (Å²) in [5.74, 6) is 0. The van der Waals surface area contributed by atoms with Crippen LogP contribution >= 0.6 is 0 Å².